The van der Waals surface area contributed by atoms with Gasteiger partial charge in [-0.1, -0.05) is 48.9 Å². The molecule has 0 saturated heterocycles. The van der Waals surface area contributed by atoms with Gasteiger partial charge in [-0.3, -0.25) is 14.4 Å². The van der Waals surface area contributed by atoms with Gasteiger partial charge in [0.15, 0.2) is 0 Å². The van der Waals surface area contributed by atoms with Crippen LogP contribution in [0.3, 0.4) is 0 Å². The van der Waals surface area contributed by atoms with Crippen LogP contribution >= 0.6 is 11.6 Å². The number of halogens is 1. The number of rotatable bonds is 9. The number of sulfonamides is 1. The quantitative estimate of drug-likeness (QED) is 0.581. The Morgan fingerprint density at radius 3 is 2.42 bits per heavy atom. The molecule has 33 heavy (non-hydrogen) atoms. The molecule has 2 aromatic rings. The Hall–Kier alpha value is -2.91. The van der Waals surface area contributed by atoms with Gasteiger partial charge in [0.1, 0.15) is 10.9 Å². The number of nitrogens with zero attached hydrogens (tertiary/aromatic N) is 2. The van der Waals surface area contributed by atoms with Crippen molar-refractivity contribution in [3.63, 3.8) is 0 Å². The van der Waals surface area contributed by atoms with E-state index in [1.165, 1.54) is 24.1 Å². The smallest absolute Gasteiger partial charge is 0.269 e. The molecule has 1 heterocycles. The Balaban J connectivity index is 1.74. The van der Waals surface area contributed by atoms with E-state index in [2.05, 4.69) is 5.32 Å². The van der Waals surface area contributed by atoms with Crippen LogP contribution in [0.5, 0.6) is 0 Å². The summed E-state index contributed by atoms with van der Waals surface area (Å²) in [6.45, 7) is 1.81. The lowest BCUT2D eigenvalue weighted by Crippen LogP contribution is -2.48. The molecule has 1 atom stereocenters. The number of benzene rings is 2. The highest BCUT2D eigenvalue weighted by Gasteiger charge is 2.40. The van der Waals surface area contributed by atoms with Crippen molar-refractivity contribution in [1.29, 1.82) is 0 Å². The summed E-state index contributed by atoms with van der Waals surface area (Å²) in [6.07, 6.45) is 0.485. The summed E-state index contributed by atoms with van der Waals surface area (Å²) < 4.78 is 26.2. The molecule has 3 amide bonds. The zero-order valence-corrected chi connectivity index (χ0v) is 20.0. The molecular weight excluding hydrogens is 466 g/mol. The molecule has 176 valence electrons. The molecule has 10 heteroatoms. The summed E-state index contributed by atoms with van der Waals surface area (Å²) in [4.78, 5) is 39.6. The van der Waals surface area contributed by atoms with Crippen molar-refractivity contribution in [1.82, 2.24) is 14.5 Å². The fourth-order valence-electron chi connectivity index (χ4n) is 3.87. The van der Waals surface area contributed by atoms with Crippen LogP contribution in [0.2, 0.25) is 5.02 Å². The van der Waals surface area contributed by atoms with E-state index in [1.54, 1.807) is 43.3 Å². The van der Waals surface area contributed by atoms with Gasteiger partial charge in [0, 0.05) is 31.6 Å². The third kappa shape index (κ3) is 5.04. The number of nitrogens with one attached hydrogen (secondary N) is 1. The Bertz CT molecular complexity index is 1170. The highest BCUT2D eigenvalue weighted by Crippen LogP contribution is 2.30. The van der Waals surface area contributed by atoms with Crippen LogP contribution in [0.15, 0.2) is 53.4 Å². The van der Waals surface area contributed by atoms with E-state index in [4.69, 9.17) is 11.6 Å². The first-order valence-electron chi connectivity index (χ1n) is 10.6. The maximum Gasteiger partial charge on any atom is 0.269 e. The lowest BCUT2D eigenvalue weighted by molar-refractivity contribution is -0.141. The summed E-state index contributed by atoms with van der Waals surface area (Å²) in [5, 5.41) is 3.06. The SMILES string of the molecule is CC[C@@H](C(=O)NC)N(Cc1ccccc1Cl)C(=O)CCCN1C(=O)c2ccccc2S1(=O)=O. The number of carbonyl (C=O) groups excluding carboxylic acids is 3. The molecule has 0 unspecified atom stereocenters. The zero-order chi connectivity index (χ0) is 24.2. The molecule has 1 N–H and O–H groups in total. The molecule has 3 rings (SSSR count). The minimum atomic E-state index is -3.93. The van der Waals surface area contributed by atoms with Crippen molar-refractivity contribution in [2.75, 3.05) is 13.6 Å². The highest BCUT2D eigenvalue weighted by atomic mass is 35.5. The molecule has 0 aliphatic carbocycles. The first kappa shape index (κ1) is 24.7. The van der Waals surface area contributed by atoms with Gasteiger partial charge in [-0.15, -0.1) is 0 Å². The molecule has 0 fully saturated rings. The predicted molar refractivity (Wildman–Crippen MR) is 124 cm³/mol. The molecule has 0 radical (unpaired) electrons. The molecule has 0 aromatic heterocycles. The lowest BCUT2D eigenvalue weighted by Gasteiger charge is -2.30. The van der Waals surface area contributed by atoms with Crippen LogP contribution in [0, 0.1) is 0 Å². The van der Waals surface area contributed by atoms with E-state index < -0.39 is 22.0 Å². The van der Waals surface area contributed by atoms with E-state index in [-0.39, 0.29) is 48.2 Å². The predicted octanol–water partition coefficient (Wildman–Crippen LogP) is 2.82. The molecule has 1 aliphatic heterocycles. The molecule has 0 spiro atoms. The van der Waals surface area contributed by atoms with E-state index in [1.807, 2.05) is 0 Å². The summed E-state index contributed by atoms with van der Waals surface area (Å²) in [6, 6.07) is 12.4. The van der Waals surface area contributed by atoms with Gasteiger partial charge in [0.25, 0.3) is 15.9 Å². The molecule has 0 bridgehead atoms. The fraction of sp³-hybridized carbons (Fsp3) is 0.348. The summed E-state index contributed by atoms with van der Waals surface area (Å²) in [7, 11) is -2.42. The third-order valence-electron chi connectivity index (χ3n) is 5.59. The van der Waals surface area contributed by atoms with Crippen LogP contribution in [-0.2, 0) is 26.2 Å². The van der Waals surface area contributed by atoms with Gasteiger partial charge in [0.05, 0.1) is 5.56 Å². The lowest BCUT2D eigenvalue weighted by atomic mass is 10.1. The van der Waals surface area contributed by atoms with Crippen LogP contribution in [0.25, 0.3) is 0 Å². The van der Waals surface area contributed by atoms with Crippen molar-refractivity contribution in [3.05, 3.63) is 64.7 Å². The van der Waals surface area contributed by atoms with Crippen molar-refractivity contribution in [2.45, 2.75) is 43.7 Å². The highest BCUT2D eigenvalue weighted by molar-refractivity contribution is 7.90. The summed E-state index contributed by atoms with van der Waals surface area (Å²) in [5.41, 5.74) is 0.831. The molecule has 0 saturated carbocycles. The average molecular weight is 492 g/mol. The second kappa shape index (κ2) is 10.4. The molecule has 8 nitrogen and oxygen atoms in total. The number of carbonyl (C=O) groups is 3. The van der Waals surface area contributed by atoms with E-state index in [0.717, 1.165) is 4.31 Å². The number of amides is 3. The average Bonchev–Trinajstić information content (AvgIpc) is 3.00. The standard InChI is InChI=1S/C23H26ClN3O5S/c1-3-19(22(29)25-2)26(15-16-9-4-6-11-18(16)24)21(28)13-8-14-27-23(30)17-10-5-7-12-20(17)33(27,31)32/h4-7,9-12,19H,3,8,13-15H2,1-2H3,(H,25,29)/t19-/m0/s1. The number of hydrogen-bond donors (Lipinski definition) is 1. The summed E-state index contributed by atoms with van der Waals surface area (Å²) >= 11 is 6.27. The molecule has 1 aliphatic rings. The van der Waals surface area contributed by atoms with Crippen molar-refractivity contribution in [3.8, 4) is 0 Å². The Morgan fingerprint density at radius 1 is 1.12 bits per heavy atom. The second-order valence-electron chi connectivity index (χ2n) is 7.63. The van der Waals surface area contributed by atoms with Gasteiger partial charge in [-0.25, -0.2) is 12.7 Å². The topological polar surface area (TPSA) is 104 Å². The van der Waals surface area contributed by atoms with Gasteiger partial charge in [-0.2, -0.15) is 0 Å². The normalized spacial score (nSPS) is 15.1. The maximum atomic E-state index is 13.2. The van der Waals surface area contributed by atoms with E-state index in [9.17, 15) is 22.8 Å². The zero-order valence-electron chi connectivity index (χ0n) is 18.5. The van der Waals surface area contributed by atoms with Gasteiger partial charge in [0.2, 0.25) is 11.8 Å². The van der Waals surface area contributed by atoms with Gasteiger partial charge < -0.3 is 10.2 Å². The summed E-state index contributed by atoms with van der Waals surface area (Å²) in [5.74, 6) is -1.22. The Kier molecular flexibility index (Phi) is 7.76. The minimum Gasteiger partial charge on any atom is -0.357 e. The maximum absolute atomic E-state index is 13.2. The van der Waals surface area contributed by atoms with Gasteiger partial charge >= 0.3 is 0 Å². The second-order valence-corrected chi connectivity index (χ2v) is 9.87. The first-order valence-corrected chi connectivity index (χ1v) is 12.4. The third-order valence-corrected chi connectivity index (χ3v) is 7.80. The van der Waals surface area contributed by atoms with Crippen molar-refractivity contribution in [2.24, 2.45) is 0 Å². The fourth-order valence-corrected chi connectivity index (χ4v) is 5.67. The molecule has 2 aromatic carbocycles. The minimum absolute atomic E-state index is 0.0210. The Morgan fingerprint density at radius 2 is 1.79 bits per heavy atom. The van der Waals surface area contributed by atoms with Crippen molar-refractivity contribution >= 4 is 39.3 Å². The first-order chi connectivity index (χ1) is 15.7. The largest absolute Gasteiger partial charge is 0.357 e. The number of fused-ring (bicyclic) bond motifs is 1. The van der Waals surface area contributed by atoms with Gasteiger partial charge in [-0.05, 0) is 36.6 Å². The van der Waals surface area contributed by atoms with Crippen LogP contribution in [0.4, 0.5) is 0 Å². The number of hydrogen-bond acceptors (Lipinski definition) is 5. The van der Waals surface area contributed by atoms with E-state index in [0.29, 0.717) is 17.0 Å². The monoisotopic (exact) mass is 491 g/mol. The van der Waals surface area contributed by atoms with E-state index >= 15 is 0 Å². The molecular formula is C23H26ClN3O5S. The Labute approximate surface area is 198 Å². The van der Waals surface area contributed by atoms with Crippen LogP contribution in [-0.4, -0.2) is 55.0 Å². The van der Waals surface area contributed by atoms with Crippen LogP contribution < -0.4 is 5.32 Å². The number of likely N-dealkylation sites (N-methyl/N-ethyl adjacent to an activating group) is 1. The van der Waals surface area contributed by atoms with Crippen molar-refractivity contribution < 1.29 is 22.8 Å². The van der Waals surface area contributed by atoms with Crippen LogP contribution in [0.1, 0.15) is 42.1 Å².